The summed E-state index contributed by atoms with van der Waals surface area (Å²) in [5, 5.41) is 11.6. The van der Waals surface area contributed by atoms with Gasteiger partial charge in [0.05, 0.1) is 12.1 Å². The lowest BCUT2D eigenvalue weighted by Gasteiger charge is -2.16. The van der Waals surface area contributed by atoms with Crippen LogP contribution in [0.3, 0.4) is 0 Å². The first-order chi connectivity index (χ1) is 6.70. The third kappa shape index (κ3) is 0.972. The van der Waals surface area contributed by atoms with Crippen LogP contribution < -0.4 is 4.73 Å². The molecule has 1 heterocycles. The Morgan fingerprint density at radius 1 is 1.50 bits per heavy atom. The molecule has 0 aliphatic heterocycles. The van der Waals surface area contributed by atoms with E-state index in [0.29, 0.717) is 15.6 Å². The lowest BCUT2D eigenvalue weighted by atomic mass is 10.0. The van der Waals surface area contributed by atoms with E-state index in [1.54, 1.807) is 6.20 Å². The summed E-state index contributed by atoms with van der Waals surface area (Å²) in [6, 6.07) is 0. The Balaban J connectivity index is 2.22. The van der Waals surface area contributed by atoms with Crippen LogP contribution in [0.15, 0.2) is 12.4 Å². The Morgan fingerprint density at radius 3 is 3.07 bits per heavy atom. The van der Waals surface area contributed by atoms with E-state index in [0.717, 1.165) is 22.5 Å². The first-order valence-corrected chi connectivity index (χ1v) is 6.39. The average molecular weight is 320 g/mol. The van der Waals surface area contributed by atoms with Crippen molar-refractivity contribution < 1.29 is 4.73 Å². The molecule has 3 rings (SSSR count). The van der Waals surface area contributed by atoms with Crippen LogP contribution >= 0.6 is 31.9 Å². The number of rotatable bonds is 0. The summed E-state index contributed by atoms with van der Waals surface area (Å²) in [6.07, 6.45) is 4.15. The first kappa shape index (κ1) is 9.09. The molecule has 1 saturated carbocycles. The monoisotopic (exact) mass is 318 g/mol. The molecule has 2 bridgehead atoms. The standard InChI is InChI=1S/C9H8Br2N2O/c10-5-3-4-7(11)6(5)9-8(4)12-1-2-13(9)14/h1-2,4-7H,3H2/t4-,5-,6+,7?/m0/s1. The number of hydrogen-bond donors (Lipinski definition) is 0. The second kappa shape index (κ2) is 2.92. The van der Waals surface area contributed by atoms with Gasteiger partial charge >= 0.3 is 0 Å². The van der Waals surface area contributed by atoms with Gasteiger partial charge in [-0.2, -0.15) is 4.73 Å². The zero-order valence-corrected chi connectivity index (χ0v) is 10.4. The average Bonchev–Trinajstić information content (AvgIpc) is 2.57. The number of hydrogen-bond acceptors (Lipinski definition) is 2. The molecule has 0 amide bonds. The molecule has 0 spiro atoms. The van der Waals surface area contributed by atoms with Crippen LogP contribution in [0.5, 0.6) is 0 Å². The Bertz CT molecular complexity index is 398. The zero-order valence-electron chi connectivity index (χ0n) is 7.23. The maximum absolute atomic E-state index is 11.6. The van der Waals surface area contributed by atoms with Gasteiger partial charge in [-0.1, -0.05) is 31.9 Å². The lowest BCUT2D eigenvalue weighted by molar-refractivity contribution is -0.616. The highest BCUT2D eigenvalue weighted by molar-refractivity contribution is 9.10. The van der Waals surface area contributed by atoms with Crippen LogP contribution in [0.2, 0.25) is 0 Å². The highest BCUT2D eigenvalue weighted by atomic mass is 79.9. The Kier molecular flexibility index (Phi) is 1.89. The Morgan fingerprint density at radius 2 is 2.29 bits per heavy atom. The van der Waals surface area contributed by atoms with Crippen molar-refractivity contribution in [2.45, 2.75) is 27.9 Å². The number of halogens is 2. The number of alkyl halides is 2. The van der Waals surface area contributed by atoms with E-state index in [9.17, 15) is 5.21 Å². The quantitative estimate of drug-likeness (QED) is 0.416. The molecule has 1 aromatic heterocycles. The van der Waals surface area contributed by atoms with Crippen molar-refractivity contribution >= 4 is 31.9 Å². The largest absolute Gasteiger partial charge is 0.618 e. The third-order valence-electron chi connectivity index (χ3n) is 3.18. The smallest absolute Gasteiger partial charge is 0.219 e. The summed E-state index contributed by atoms with van der Waals surface area (Å²) < 4.78 is 0.967. The van der Waals surface area contributed by atoms with Gasteiger partial charge in [0.25, 0.3) is 0 Å². The van der Waals surface area contributed by atoms with Crippen molar-refractivity contribution in [3.8, 4) is 0 Å². The molecule has 2 aliphatic rings. The minimum atomic E-state index is 0.279. The highest BCUT2D eigenvalue weighted by Crippen LogP contribution is 2.56. The van der Waals surface area contributed by atoms with Crippen molar-refractivity contribution in [3.05, 3.63) is 29.0 Å². The molecule has 2 aliphatic carbocycles. The number of aromatic nitrogens is 2. The molecule has 0 radical (unpaired) electrons. The fourth-order valence-electron chi connectivity index (χ4n) is 2.59. The summed E-state index contributed by atoms with van der Waals surface area (Å²) in [7, 11) is 0. The van der Waals surface area contributed by atoms with Crippen molar-refractivity contribution in [1.82, 2.24) is 4.98 Å². The SMILES string of the molecule is [O-][n+]1ccnc2c1[C@H]1C(Br)[C@@H]2C[C@@H]1Br. The van der Waals surface area contributed by atoms with Gasteiger partial charge in [-0.05, 0) is 6.42 Å². The van der Waals surface area contributed by atoms with Gasteiger partial charge in [-0.25, -0.2) is 4.98 Å². The molecule has 1 fully saturated rings. The fourth-order valence-corrected chi connectivity index (χ4v) is 5.07. The summed E-state index contributed by atoms with van der Waals surface area (Å²) >= 11 is 7.29. The molecular weight excluding hydrogens is 312 g/mol. The zero-order chi connectivity index (χ0) is 9.87. The molecule has 14 heavy (non-hydrogen) atoms. The molecule has 4 atom stereocenters. The maximum atomic E-state index is 11.6. The van der Waals surface area contributed by atoms with E-state index < -0.39 is 0 Å². The van der Waals surface area contributed by atoms with Crippen LogP contribution in [-0.2, 0) is 0 Å². The van der Waals surface area contributed by atoms with Gasteiger partial charge in [0, 0.05) is 15.6 Å². The second-order valence-electron chi connectivity index (χ2n) is 3.85. The van der Waals surface area contributed by atoms with Gasteiger partial charge in [-0.15, -0.1) is 0 Å². The second-order valence-corrected chi connectivity index (χ2v) is 6.09. The molecule has 0 N–H and O–H groups in total. The van der Waals surface area contributed by atoms with Crippen molar-refractivity contribution in [1.29, 1.82) is 0 Å². The van der Waals surface area contributed by atoms with E-state index in [1.807, 2.05) is 0 Å². The third-order valence-corrected chi connectivity index (χ3v) is 5.33. The van der Waals surface area contributed by atoms with Crippen molar-refractivity contribution in [3.63, 3.8) is 0 Å². The van der Waals surface area contributed by atoms with Crippen LogP contribution in [-0.4, -0.2) is 14.6 Å². The topological polar surface area (TPSA) is 39.8 Å². The normalized spacial score (nSPS) is 38.7. The van der Waals surface area contributed by atoms with E-state index in [4.69, 9.17) is 0 Å². The molecule has 74 valence electrons. The minimum Gasteiger partial charge on any atom is -0.618 e. The number of fused-ring (bicyclic) bond motifs is 5. The Labute approximate surface area is 98.4 Å². The van der Waals surface area contributed by atoms with Crippen molar-refractivity contribution in [2.75, 3.05) is 0 Å². The summed E-state index contributed by atoms with van der Waals surface area (Å²) in [6.45, 7) is 0. The predicted molar refractivity (Wildman–Crippen MR) is 58.7 cm³/mol. The molecule has 1 aromatic rings. The maximum Gasteiger partial charge on any atom is 0.219 e. The molecule has 5 heteroatoms. The van der Waals surface area contributed by atoms with Gasteiger partial charge in [-0.3, -0.25) is 0 Å². The lowest BCUT2D eigenvalue weighted by Crippen LogP contribution is -2.36. The van der Waals surface area contributed by atoms with Crippen LogP contribution in [0.25, 0.3) is 0 Å². The van der Waals surface area contributed by atoms with Crippen LogP contribution in [0.1, 0.15) is 29.6 Å². The first-order valence-electron chi connectivity index (χ1n) is 4.56. The molecule has 3 nitrogen and oxygen atoms in total. The summed E-state index contributed by atoms with van der Waals surface area (Å²) in [5.41, 5.74) is 1.84. The Hall–Kier alpha value is -0.160. The molecule has 0 saturated heterocycles. The fraction of sp³-hybridized carbons (Fsp3) is 0.556. The van der Waals surface area contributed by atoms with Gasteiger partial charge < -0.3 is 5.21 Å². The molecule has 1 unspecified atom stereocenters. The molecular formula is C9H8Br2N2O. The molecule has 0 aromatic carbocycles. The van der Waals surface area contributed by atoms with Crippen LogP contribution in [0, 0.1) is 5.21 Å². The summed E-state index contributed by atoms with van der Waals surface area (Å²) in [4.78, 5) is 5.10. The van der Waals surface area contributed by atoms with Gasteiger partial charge in [0.1, 0.15) is 5.69 Å². The minimum absolute atomic E-state index is 0.279. The van der Waals surface area contributed by atoms with E-state index >= 15 is 0 Å². The predicted octanol–water partition coefficient (Wildman–Crippen LogP) is 1.83. The number of nitrogens with zero attached hydrogens (tertiary/aromatic N) is 2. The van der Waals surface area contributed by atoms with Gasteiger partial charge in [0.15, 0.2) is 6.20 Å². The van der Waals surface area contributed by atoms with Crippen molar-refractivity contribution in [2.24, 2.45) is 0 Å². The van der Waals surface area contributed by atoms with E-state index in [1.165, 1.54) is 6.20 Å². The van der Waals surface area contributed by atoms with E-state index in [2.05, 4.69) is 36.8 Å². The van der Waals surface area contributed by atoms with E-state index in [-0.39, 0.29) is 5.92 Å². The summed E-state index contributed by atoms with van der Waals surface area (Å²) in [5.74, 6) is 0.682. The van der Waals surface area contributed by atoms with Gasteiger partial charge in [0.2, 0.25) is 5.69 Å². The van der Waals surface area contributed by atoms with Crippen LogP contribution in [0.4, 0.5) is 0 Å². The highest BCUT2D eigenvalue weighted by Gasteiger charge is 2.55.